The van der Waals surface area contributed by atoms with Crippen molar-refractivity contribution in [1.29, 1.82) is 0 Å². The summed E-state index contributed by atoms with van der Waals surface area (Å²) in [5.74, 6) is 0.274. The third-order valence-electron chi connectivity index (χ3n) is 4.88. The molecule has 5 aromatic rings. The second-order valence-corrected chi connectivity index (χ2v) is 10.6. The summed E-state index contributed by atoms with van der Waals surface area (Å²) in [4.78, 5) is 6.62. The first-order valence-corrected chi connectivity index (χ1v) is 12.7. The van der Waals surface area contributed by atoms with Gasteiger partial charge < -0.3 is 9.17 Å². The Morgan fingerprint density at radius 2 is 1.72 bits per heavy atom. The molecule has 0 aliphatic carbocycles. The monoisotopic (exact) mass is 468 g/mol. The zero-order valence-electron chi connectivity index (χ0n) is 16.6. The Labute approximate surface area is 183 Å². The zero-order valence-corrected chi connectivity index (χ0v) is 18.2. The van der Waals surface area contributed by atoms with Gasteiger partial charge in [0.05, 0.1) is 27.6 Å². The second kappa shape index (κ2) is 7.18. The highest BCUT2D eigenvalue weighted by atomic mass is 32.2. The van der Waals surface area contributed by atoms with E-state index in [1.807, 2.05) is 6.07 Å². The number of fused-ring (bicyclic) bond motifs is 2. The van der Waals surface area contributed by atoms with Crippen molar-refractivity contribution in [3.8, 4) is 17.1 Å². The zero-order chi connectivity index (χ0) is 22.5. The van der Waals surface area contributed by atoms with Gasteiger partial charge in [-0.25, -0.2) is 13.4 Å². The molecule has 0 saturated carbocycles. The molecule has 0 aliphatic rings. The predicted molar refractivity (Wildman–Crippen MR) is 119 cm³/mol. The van der Waals surface area contributed by atoms with E-state index in [2.05, 4.69) is 20.2 Å². The van der Waals surface area contributed by atoms with E-state index in [0.29, 0.717) is 21.9 Å². The quantitative estimate of drug-likeness (QED) is 0.378. The van der Waals surface area contributed by atoms with Gasteiger partial charge in [0.15, 0.2) is 9.84 Å². The molecule has 0 atom stereocenters. The van der Waals surface area contributed by atoms with Gasteiger partial charge in [0.25, 0.3) is 0 Å². The number of H-pyrrole nitrogens is 2. The van der Waals surface area contributed by atoms with Gasteiger partial charge in [-0.2, -0.15) is 13.5 Å². The summed E-state index contributed by atoms with van der Waals surface area (Å²) in [5.41, 5.74) is 2.16. The summed E-state index contributed by atoms with van der Waals surface area (Å²) < 4.78 is 57.1. The van der Waals surface area contributed by atoms with Crippen molar-refractivity contribution in [1.82, 2.24) is 20.2 Å². The van der Waals surface area contributed by atoms with E-state index < -0.39 is 24.9 Å². The fourth-order valence-electron chi connectivity index (χ4n) is 3.51. The van der Waals surface area contributed by atoms with Gasteiger partial charge in [-0.15, -0.1) is 0 Å². The molecule has 32 heavy (non-hydrogen) atoms. The predicted octanol–water partition coefficient (Wildman–Crippen LogP) is 3.28. The van der Waals surface area contributed by atoms with Crippen molar-refractivity contribution in [3.05, 3.63) is 66.9 Å². The molecule has 11 heteroatoms. The fourth-order valence-corrected chi connectivity index (χ4v) is 6.29. The fraction of sp³-hybridized carbons (Fsp3) is 0.0476. The van der Waals surface area contributed by atoms with Gasteiger partial charge >= 0.3 is 10.1 Å². The van der Waals surface area contributed by atoms with Crippen LogP contribution in [0.5, 0.6) is 5.75 Å². The van der Waals surface area contributed by atoms with E-state index in [-0.39, 0.29) is 22.0 Å². The third kappa shape index (κ3) is 3.51. The van der Waals surface area contributed by atoms with E-state index in [0.717, 1.165) is 6.26 Å². The SMILES string of the molecule is CS(=O)(=O)c1c(-c2nc3ccccc3[nH]2)cccc1S(=O)(=O)Oc1ccc2[nH]ncc2c1. The molecular formula is C21H16N4O5S2. The van der Waals surface area contributed by atoms with Crippen molar-refractivity contribution in [2.45, 2.75) is 9.79 Å². The van der Waals surface area contributed by atoms with Crippen LogP contribution < -0.4 is 4.18 Å². The number of aromatic amines is 2. The van der Waals surface area contributed by atoms with Gasteiger partial charge in [0, 0.05) is 17.2 Å². The molecule has 2 N–H and O–H groups in total. The van der Waals surface area contributed by atoms with Crippen LogP contribution in [0.2, 0.25) is 0 Å². The number of nitrogens with zero attached hydrogens (tertiary/aromatic N) is 2. The van der Waals surface area contributed by atoms with E-state index in [1.165, 1.54) is 36.5 Å². The normalized spacial score (nSPS) is 12.4. The molecule has 0 bridgehead atoms. The first kappa shape index (κ1) is 20.2. The molecule has 9 nitrogen and oxygen atoms in total. The van der Waals surface area contributed by atoms with Crippen LogP contribution in [-0.2, 0) is 20.0 Å². The minimum atomic E-state index is -4.49. The topological polar surface area (TPSA) is 135 Å². The number of nitrogens with one attached hydrogen (secondary N) is 2. The lowest BCUT2D eigenvalue weighted by Gasteiger charge is -2.13. The van der Waals surface area contributed by atoms with Gasteiger partial charge in [-0.3, -0.25) is 5.10 Å². The molecule has 2 heterocycles. The van der Waals surface area contributed by atoms with Crippen LogP contribution in [0, 0.1) is 0 Å². The van der Waals surface area contributed by atoms with E-state index in [1.54, 1.807) is 24.3 Å². The van der Waals surface area contributed by atoms with Crippen molar-refractivity contribution >= 4 is 41.9 Å². The van der Waals surface area contributed by atoms with Crippen molar-refractivity contribution in [3.63, 3.8) is 0 Å². The summed E-state index contributed by atoms with van der Waals surface area (Å²) in [6, 6.07) is 15.9. The Hall–Kier alpha value is -3.70. The standard InChI is InChI=1S/C21H16N4O5S2/c1-31(26,27)20-15(21-23-17-6-2-3-7-18(17)24-21)5-4-8-19(20)32(28,29)30-14-9-10-16-13(11-14)12-22-25-16/h2-12H,1H3,(H,22,25)(H,23,24). The maximum atomic E-state index is 13.2. The highest BCUT2D eigenvalue weighted by molar-refractivity contribution is 7.92. The maximum absolute atomic E-state index is 13.2. The number of hydrogen-bond donors (Lipinski definition) is 2. The Morgan fingerprint density at radius 3 is 2.50 bits per heavy atom. The Balaban J connectivity index is 1.67. The molecule has 0 amide bonds. The van der Waals surface area contributed by atoms with Crippen LogP contribution >= 0.6 is 0 Å². The van der Waals surface area contributed by atoms with Gasteiger partial charge in [-0.1, -0.05) is 18.2 Å². The molecule has 0 saturated heterocycles. The van der Waals surface area contributed by atoms with Crippen molar-refractivity contribution < 1.29 is 21.0 Å². The van der Waals surface area contributed by atoms with E-state index in [9.17, 15) is 16.8 Å². The summed E-state index contributed by atoms with van der Waals surface area (Å²) in [6.07, 6.45) is 2.48. The molecule has 0 aliphatic heterocycles. The van der Waals surface area contributed by atoms with Crippen molar-refractivity contribution in [2.24, 2.45) is 0 Å². The number of sulfone groups is 1. The van der Waals surface area contributed by atoms with E-state index >= 15 is 0 Å². The number of aromatic nitrogens is 4. The average molecular weight is 469 g/mol. The number of rotatable bonds is 5. The largest absolute Gasteiger partial charge is 0.379 e. The smallest absolute Gasteiger partial charge is 0.340 e. The molecule has 2 aromatic heterocycles. The van der Waals surface area contributed by atoms with Crippen molar-refractivity contribution in [2.75, 3.05) is 6.26 Å². The molecule has 5 rings (SSSR count). The van der Waals surface area contributed by atoms with Crippen LogP contribution in [0.1, 0.15) is 0 Å². The summed E-state index contributed by atoms with van der Waals surface area (Å²) in [6.45, 7) is 0. The van der Waals surface area contributed by atoms with Crippen LogP contribution in [0.25, 0.3) is 33.3 Å². The van der Waals surface area contributed by atoms with Gasteiger partial charge in [0.2, 0.25) is 0 Å². The minimum absolute atomic E-state index is 0.0347. The number of para-hydroxylation sites is 2. The first-order valence-electron chi connectivity index (χ1n) is 9.38. The molecule has 0 spiro atoms. The lowest BCUT2D eigenvalue weighted by molar-refractivity contribution is 0.483. The third-order valence-corrected chi connectivity index (χ3v) is 7.48. The highest BCUT2D eigenvalue weighted by Gasteiger charge is 2.30. The van der Waals surface area contributed by atoms with Crippen LogP contribution in [0.4, 0.5) is 0 Å². The van der Waals surface area contributed by atoms with Crippen LogP contribution in [0.15, 0.2) is 76.7 Å². The first-order chi connectivity index (χ1) is 15.2. The summed E-state index contributed by atoms with van der Waals surface area (Å²) in [5, 5.41) is 7.30. The number of hydrogen-bond acceptors (Lipinski definition) is 7. The average Bonchev–Trinajstić information content (AvgIpc) is 3.38. The van der Waals surface area contributed by atoms with Gasteiger partial charge in [-0.05, 0) is 42.5 Å². The maximum Gasteiger partial charge on any atom is 0.340 e. The Morgan fingerprint density at radius 1 is 0.906 bits per heavy atom. The Kier molecular flexibility index (Phi) is 4.53. The summed E-state index contributed by atoms with van der Waals surface area (Å²) >= 11 is 0. The van der Waals surface area contributed by atoms with Crippen LogP contribution in [0.3, 0.4) is 0 Å². The number of benzene rings is 3. The van der Waals surface area contributed by atoms with Gasteiger partial charge in [0.1, 0.15) is 16.5 Å². The Bertz CT molecular complexity index is 1670. The second-order valence-electron chi connectivity index (χ2n) is 7.16. The molecule has 0 unspecified atom stereocenters. The molecule has 3 aromatic carbocycles. The molecule has 0 fully saturated rings. The highest BCUT2D eigenvalue weighted by Crippen LogP contribution is 2.34. The molecule has 0 radical (unpaired) electrons. The summed E-state index contributed by atoms with van der Waals surface area (Å²) in [7, 11) is -8.48. The molecular weight excluding hydrogens is 452 g/mol. The number of imidazole rings is 1. The van der Waals surface area contributed by atoms with E-state index in [4.69, 9.17) is 4.18 Å². The lowest BCUT2D eigenvalue weighted by atomic mass is 10.2. The molecule has 162 valence electrons. The minimum Gasteiger partial charge on any atom is -0.379 e. The lowest BCUT2D eigenvalue weighted by Crippen LogP contribution is -2.15. The van der Waals surface area contributed by atoms with Crippen LogP contribution in [-0.4, -0.2) is 43.3 Å².